The molecule has 1 aliphatic heterocycles. The number of carbonyl (C=O) groups excluding carboxylic acids is 1. The highest BCUT2D eigenvalue weighted by Gasteiger charge is 2.28. The van der Waals surface area contributed by atoms with Gasteiger partial charge in [-0.3, -0.25) is 9.48 Å². The zero-order valence-electron chi connectivity index (χ0n) is 11.6. The van der Waals surface area contributed by atoms with E-state index >= 15 is 0 Å². The lowest BCUT2D eigenvalue weighted by atomic mass is 9.98. The molecule has 0 saturated carbocycles. The molecular formula is C13H17N5O2. The number of methoxy groups -OCH3 is 1. The van der Waals surface area contributed by atoms with Crippen LogP contribution in [-0.2, 0) is 16.6 Å². The lowest BCUT2D eigenvalue weighted by Crippen LogP contribution is -2.39. The number of carbonyl (C=O) groups is 1. The van der Waals surface area contributed by atoms with Gasteiger partial charge in [-0.2, -0.15) is 5.10 Å². The first kappa shape index (κ1) is 12.8. The fourth-order valence-electron chi connectivity index (χ4n) is 2.73. The molecule has 1 atom stereocenters. The van der Waals surface area contributed by atoms with Gasteiger partial charge in [0.15, 0.2) is 5.65 Å². The molecule has 106 valence electrons. The Morgan fingerprint density at radius 3 is 3.10 bits per heavy atom. The van der Waals surface area contributed by atoms with Crippen molar-refractivity contribution in [1.29, 1.82) is 0 Å². The number of piperidine rings is 1. The van der Waals surface area contributed by atoms with E-state index in [0.29, 0.717) is 6.54 Å². The summed E-state index contributed by atoms with van der Waals surface area (Å²) >= 11 is 0. The molecule has 0 radical (unpaired) electrons. The van der Waals surface area contributed by atoms with Gasteiger partial charge < -0.3 is 9.64 Å². The monoisotopic (exact) mass is 275 g/mol. The lowest BCUT2D eigenvalue weighted by Gasteiger charge is -2.32. The lowest BCUT2D eigenvalue weighted by molar-refractivity contribution is -0.145. The number of anilines is 1. The minimum absolute atomic E-state index is 0.0876. The van der Waals surface area contributed by atoms with Crippen molar-refractivity contribution in [2.75, 3.05) is 25.1 Å². The van der Waals surface area contributed by atoms with Crippen LogP contribution in [0.15, 0.2) is 12.5 Å². The topological polar surface area (TPSA) is 73.1 Å². The van der Waals surface area contributed by atoms with Crippen molar-refractivity contribution in [2.45, 2.75) is 12.8 Å². The summed E-state index contributed by atoms with van der Waals surface area (Å²) in [7, 11) is 3.29. The highest BCUT2D eigenvalue weighted by molar-refractivity contribution is 5.87. The third kappa shape index (κ3) is 2.09. The Labute approximate surface area is 116 Å². The smallest absolute Gasteiger partial charge is 0.310 e. The number of fused-ring (bicyclic) bond motifs is 1. The number of esters is 1. The molecule has 1 saturated heterocycles. The molecule has 0 bridgehead atoms. The van der Waals surface area contributed by atoms with Gasteiger partial charge in [0.25, 0.3) is 0 Å². The molecule has 0 aromatic carbocycles. The summed E-state index contributed by atoms with van der Waals surface area (Å²) in [5.41, 5.74) is 0.801. The van der Waals surface area contributed by atoms with E-state index in [4.69, 9.17) is 4.74 Å². The molecule has 2 aromatic rings. The largest absolute Gasteiger partial charge is 0.469 e. The summed E-state index contributed by atoms with van der Waals surface area (Å²) in [4.78, 5) is 22.4. The maximum atomic E-state index is 11.7. The third-order valence-corrected chi connectivity index (χ3v) is 3.76. The molecule has 1 fully saturated rings. The Morgan fingerprint density at radius 1 is 1.45 bits per heavy atom. The van der Waals surface area contributed by atoms with Crippen molar-refractivity contribution in [2.24, 2.45) is 13.0 Å². The molecule has 3 rings (SSSR count). The summed E-state index contributed by atoms with van der Waals surface area (Å²) in [6, 6.07) is 0. The molecule has 1 unspecified atom stereocenters. The fraction of sp³-hybridized carbons (Fsp3) is 0.538. The van der Waals surface area contributed by atoms with Crippen molar-refractivity contribution in [1.82, 2.24) is 19.7 Å². The molecule has 0 aliphatic carbocycles. The van der Waals surface area contributed by atoms with E-state index in [1.807, 2.05) is 7.05 Å². The van der Waals surface area contributed by atoms with Crippen LogP contribution in [0, 0.1) is 5.92 Å². The first-order valence-corrected chi connectivity index (χ1v) is 6.66. The quantitative estimate of drug-likeness (QED) is 0.753. The van der Waals surface area contributed by atoms with E-state index in [1.165, 1.54) is 7.11 Å². The molecule has 1 aliphatic rings. The minimum atomic E-state index is -0.147. The number of hydrogen-bond acceptors (Lipinski definition) is 6. The molecule has 20 heavy (non-hydrogen) atoms. The van der Waals surface area contributed by atoms with Crippen LogP contribution in [0.1, 0.15) is 12.8 Å². The molecule has 2 aromatic heterocycles. The van der Waals surface area contributed by atoms with E-state index in [2.05, 4.69) is 20.0 Å². The Morgan fingerprint density at radius 2 is 2.30 bits per heavy atom. The Kier molecular flexibility index (Phi) is 3.25. The standard InChI is InChI=1S/C13H17N5O2/c1-17-11-10(6-16-17)12(15-8-14-11)18-5-3-4-9(7-18)13(19)20-2/h6,8-9H,3-5,7H2,1-2H3. The number of aromatic nitrogens is 4. The van der Waals surface area contributed by atoms with E-state index < -0.39 is 0 Å². The van der Waals surface area contributed by atoms with E-state index in [1.54, 1.807) is 17.2 Å². The molecule has 0 N–H and O–H groups in total. The van der Waals surface area contributed by atoms with Crippen LogP contribution in [-0.4, -0.2) is 45.9 Å². The van der Waals surface area contributed by atoms with Crippen LogP contribution in [0.4, 0.5) is 5.82 Å². The van der Waals surface area contributed by atoms with Crippen LogP contribution >= 0.6 is 0 Å². The van der Waals surface area contributed by atoms with E-state index in [0.717, 1.165) is 36.2 Å². The summed E-state index contributed by atoms with van der Waals surface area (Å²) in [6.45, 7) is 1.52. The molecule has 0 amide bonds. The van der Waals surface area contributed by atoms with Gasteiger partial charge in [-0.25, -0.2) is 9.97 Å². The highest BCUT2D eigenvalue weighted by atomic mass is 16.5. The van der Waals surface area contributed by atoms with Crippen LogP contribution in [0.5, 0.6) is 0 Å². The average molecular weight is 275 g/mol. The maximum absolute atomic E-state index is 11.7. The summed E-state index contributed by atoms with van der Waals surface area (Å²) < 4.78 is 6.58. The summed E-state index contributed by atoms with van der Waals surface area (Å²) in [5.74, 6) is 0.610. The van der Waals surface area contributed by atoms with Crippen molar-refractivity contribution in [3.8, 4) is 0 Å². The molecule has 0 spiro atoms. The van der Waals surface area contributed by atoms with E-state index in [-0.39, 0.29) is 11.9 Å². The first-order valence-electron chi connectivity index (χ1n) is 6.66. The second-order valence-electron chi connectivity index (χ2n) is 5.01. The molecular weight excluding hydrogens is 258 g/mol. The molecule has 3 heterocycles. The van der Waals surface area contributed by atoms with Gasteiger partial charge in [-0.1, -0.05) is 0 Å². The Bertz CT molecular complexity index is 639. The zero-order chi connectivity index (χ0) is 14.1. The molecule has 7 heteroatoms. The van der Waals surface area contributed by atoms with Crippen molar-refractivity contribution >= 4 is 22.8 Å². The normalized spacial score (nSPS) is 19.3. The second-order valence-corrected chi connectivity index (χ2v) is 5.01. The maximum Gasteiger partial charge on any atom is 0.310 e. The molecule has 7 nitrogen and oxygen atoms in total. The first-order chi connectivity index (χ1) is 9.70. The van der Waals surface area contributed by atoms with Gasteiger partial charge in [0.2, 0.25) is 0 Å². The van der Waals surface area contributed by atoms with Gasteiger partial charge in [-0.15, -0.1) is 0 Å². The van der Waals surface area contributed by atoms with Crippen LogP contribution in [0.3, 0.4) is 0 Å². The van der Waals surface area contributed by atoms with Crippen LogP contribution in [0.25, 0.3) is 11.0 Å². The predicted molar refractivity (Wildman–Crippen MR) is 73.3 cm³/mol. The number of rotatable bonds is 2. The third-order valence-electron chi connectivity index (χ3n) is 3.76. The van der Waals surface area contributed by atoms with Crippen LogP contribution in [0.2, 0.25) is 0 Å². The van der Waals surface area contributed by atoms with Gasteiger partial charge >= 0.3 is 5.97 Å². The minimum Gasteiger partial charge on any atom is -0.469 e. The summed E-state index contributed by atoms with van der Waals surface area (Å²) in [5, 5.41) is 5.13. The summed E-state index contributed by atoms with van der Waals surface area (Å²) in [6.07, 6.45) is 5.13. The SMILES string of the molecule is COC(=O)C1CCCN(c2ncnc3c2cnn3C)C1. The fourth-order valence-corrected chi connectivity index (χ4v) is 2.73. The van der Waals surface area contributed by atoms with Gasteiger partial charge in [0.05, 0.1) is 24.6 Å². The number of ether oxygens (including phenoxy) is 1. The average Bonchev–Trinajstić information content (AvgIpc) is 2.88. The van der Waals surface area contributed by atoms with Gasteiger partial charge in [0, 0.05) is 20.1 Å². The highest BCUT2D eigenvalue weighted by Crippen LogP contribution is 2.27. The second kappa shape index (κ2) is 5.07. The van der Waals surface area contributed by atoms with Gasteiger partial charge in [0.1, 0.15) is 12.1 Å². The zero-order valence-corrected chi connectivity index (χ0v) is 11.6. The van der Waals surface area contributed by atoms with E-state index in [9.17, 15) is 4.79 Å². The number of aryl methyl sites for hydroxylation is 1. The van der Waals surface area contributed by atoms with Gasteiger partial charge in [-0.05, 0) is 12.8 Å². The van der Waals surface area contributed by atoms with Crippen molar-refractivity contribution in [3.63, 3.8) is 0 Å². The number of nitrogens with zero attached hydrogens (tertiary/aromatic N) is 5. The number of hydrogen-bond donors (Lipinski definition) is 0. The Hall–Kier alpha value is -2.18. The Balaban J connectivity index is 1.92. The van der Waals surface area contributed by atoms with Crippen molar-refractivity contribution in [3.05, 3.63) is 12.5 Å². The van der Waals surface area contributed by atoms with Crippen LogP contribution < -0.4 is 4.90 Å². The predicted octanol–water partition coefficient (Wildman–Crippen LogP) is 0.753. The van der Waals surface area contributed by atoms with Crippen molar-refractivity contribution < 1.29 is 9.53 Å².